The maximum absolute atomic E-state index is 12.3. The normalized spacial score (nSPS) is 15.8. The number of carbonyl (C=O) groups excluding carboxylic acids is 2. The molecule has 0 aliphatic carbocycles. The van der Waals surface area contributed by atoms with Gasteiger partial charge in [0.2, 0.25) is 5.91 Å². The van der Waals surface area contributed by atoms with Crippen molar-refractivity contribution in [2.24, 2.45) is 0 Å². The van der Waals surface area contributed by atoms with Crippen molar-refractivity contribution in [3.63, 3.8) is 0 Å². The summed E-state index contributed by atoms with van der Waals surface area (Å²) in [6.07, 6.45) is 1.67. The van der Waals surface area contributed by atoms with Crippen LogP contribution < -0.4 is 4.90 Å². The van der Waals surface area contributed by atoms with Gasteiger partial charge in [0.05, 0.1) is 4.88 Å². The lowest BCUT2D eigenvalue weighted by atomic mass is 10.3. The first-order valence-corrected chi connectivity index (χ1v) is 8.43. The molecule has 20 heavy (non-hydrogen) atoms. The highest BCUT2D eigenvalue weighted by atomic mass is 79.9. The predicted octanol–water partition coefficient (Wildman–Crippen LogP) is 2.46. The maximum atomic E-state index is 12.3. The van der Waals surface area contributed by atoms with E-state index in [1.54, 1.807) is 22.1 Å². The smallest absolute Gasteiger partial charge is 0.264 e. The third-order valence-electron chi connectivity index (χ3n) is 2.94. The van der Waals surface area contributed by atoms with Crippen LogP contribution in [0.25, 0.3) is 0 Å². The molecular formula is C12H10BrN3O2S2. The highest BCUT2D eigenvalue weighted by Gasteiger charge is 2.30. The van der Waals surface area contributed by atoms with Gasteiger partial charge in [-0.05, 0) is 22.0 Å². The van der Waals surface area contributed by atoms with Crippen LogP contribution in [0.4, 0.5) is 5.13 Å². The fraction of sp³-hybridized carbons (Fsp3) is 0.250. The molecule has 8 heteroatoms. The van der Waals surface area contributed by atoms with Crippen molar-refractivity contribution in [2.75, 3.05) is 24.5 Å². The second-order valence-corrected chi connectivity index (χ2v) is 6.92. The maximum Gasteiger partial charge on any atom is 0.264 e. The molecule has 1 aliphatic heterocycles. The van der Waals surface area contributed by atoms with E-state index in [9.17, 15) is 9.59 Å². The summed E-state index contributed by atoms with van der Waals surface area (Å²) in [5.74, 6) is -0.178. The Labute approximate surface area is 132 Å². The van der Waals surface area contributed by atoms with Crippen molar-refractivity contribution in [1.29, 1.82) is 0 Å². The van der Waals surface area contributed by atoms with Gasteiger partial charge in [-0.1, -0.05) is 0 Å². The summed E-state index contributed by atoms with van der Waals surface area (Å²) >= 11 is 6.14. The number of anilines is 1. The molecule has 2 aromatic heterocycles. The van der Waals surface area contributed by atoms with Crippen molar-refractivity contribution in [1.82, 2.24) is 9.88 Å². The summed E-state index contributed by atoms with van der Waals surface area (Å²) in [6, 6.07) is 1.78. The number of amides is 2. The summed E-state index contributed by atoms with van der Waals surface area (Å²) < 4.78 is 0.888. The molecule has 2 amide bonds. The van der Waals surface area contributed by atoms with Crippen molar-refractivity contribution >= 4 is 55.5 Å². The van der Waals surface area contributed by atoms with E-state index < -0.39 is 0 Å². The molecule has 0 N–H and O–H groups in total. The number of hydrogen-bond donors (Lipinski definition) is 0. The van der Waals surface area contributed by atoms with Gasteiger partial charge in [0.1, 0.15) is 6.54 Å². The van der Waals surface area contributed by atoms with Crippen molar-refractivity contribution in [3.05, 3.63) is 32.4 Å². The average molecular weight is 372 g/mol. The molecule has 0 saturated carbocycles. The van der Waals surface area contributed by atoms with Gasteiger partial charge >= 0.3 is 0 Å². The minimum Gasteiger partial charge on any atom is -0.327 e. The molecule has 0 unspecified atom stereocenters. The van der Waals surface area contributed by atoms with Gasteiger partial charge in [-0.15, -0.1) is 22.7 Å². The van der Waals surface area contributed by atoms with Crippen LogP contribution in [0, 0.1) is 0 Å². The third kappa shape index (κ3) is 2.63. The van der Waals surface area contributed by atoms with Crippen LogP contribution in [0.5, 0.6) is 0 Å². The lowest BCUT2D eigenvalue weighted by Crippen LogP contribution is -2.52. The molecule has 0 aromatic carbocycles. The zero-order valence-corrected chi connectivity index (χ0v) is 13.5. The van der Waals surface area contributed by atoms with E-state index in [1.807, 2.05) is 10.8 Å². The second-order valence-electron chi connectivity index (χ2n) is 4.22. The highest BCUT2D eigenvalue weighted by molar-refractivity contribution is 9.10. The van der Waals surface area contributed by atoms with E-state index in [0.29, 0.717) is 23.1 Å². The Kier molecular flexibility index (Phi) is 3.86. The third-order valence-corrected chi connectivity index (χ3v) is 5.41. The van der Waals surface area contributed by atoms with Gasteiger partial charge in [0.25, 0.3) is 5.91 Å². The molecule has 3 rings (SSSR count). The van der Waals surface area contributed by atoms with E-state index in [-0.39, 0.29) is 18.4 Å². The summed E-state index contributed by atoms with van der Waals surface area (Å²) in [4.78, 5) is 32.4. The number of halogens is 1. The fourth-order valence-electron chi connectivity index (χ4n) is 1.98. The van der Waals surface area contributed by atoms with Crippen molar-refractivity contribution < 1.29 is 9.59 Å². The van der Waals surface area contributed by atoms with Crippen molar-refractivity contribution in [2.45, 2.75) is 0 Å². The first-order chi connectivity index (χ1) is 9.65. The van der Waals surface area contributed by atoms with Gasteiger partial charge < -0.3 is 4.90 Å². The van der Waals surface area contributed by atoms with Gasteiger partial charge in [0, 0.05) is 34.5 Å². The molecule has 0 bridgehead atoms. The molecular weight excluding hydrogens is 362 g/mol. The molecule has 1 saturated heterocycles. The number of carbonyl (C=O) groups is 2. The van der Waals surface area contributed by atoms with E-state index in [2.05, 4.69) is 20.9 Å². The van der Waals surface area contributed by atoms with E-state index >= 15 is 0 Å². The minimum absolute atomic E-state index is 0.0878. The van der Waals surface area contributed by atoms with E-state index in [4.69, 9.17) is 0 Å². The fourth-order valence-corrected chi connectivity index (χ4v) is 4.06. The van der Waals surface area contributed by atoms with Crippen LogP contribution in [-0.2, 0) is 4.79 Å². The minimum atomic E-state index is -0.0900. The Morgan fingerprint density at radius 2 is 2.20 bits per heavy atom. The molecule has 0 radical (unpaired) electrons. The monoisotopic (exact) mass is 371 g/mol. The summed E-state index contributed by atoms with van der Waals surface area (Å²) in [6.45, 7) is 1.12. The summed E-state index contributed by atoms with van der Waals surface area (Å²) in [5.41, 5.74) is 0. The molecule has 1 fully saturated rings. The summed E-state index contributed by atoms with van der Waals surface area (Å²) in [7, 11) is 0. The first-order valence-electron chi connectivity index (χ1n) is 5.88. The first kappa shape index (κ1) is 13.7. The lowest BCUT2D eigenvalue weighted by molar-refractivity contribution is -0.120. The number of thiophene rings is 1. The van der Waals surface area contributed by atoms with E-state index in [0.717, 1.165) is 4.47 Å². The number of nitrogens with zero attached hydrogens (tertiary/aromatic N) is 3. The number of piperazine rings is 1. The highest BCUT2D eigenvalue weighted by Crippen LogP contribution is 2.23. The van der Waals surface area contributed by atoms with Gasteiger partial charge in [0.15, 0.2) is 5.13 Å². The van der Waals surface area contributed by atoms with Crippen LogP contribution in [0.15, 0.2) is 27.5 Å². The van der Waals surface area contributed by atoms with Crippen LogP contribution in [0.2, 0.25) is 0 Å². The molecule has 1 aliphatic rings. The Hall–Kier alpha value is -1.25. The lowest BCUT2D eigenvalue weighted by Gasteiger charge is -2.32. The number of thiazole rings is 1. The standard InChI is InChI=1S/C12H10BrN3O2S2/c13-8-5-9(20-7-8)11(18)15-2-3-16(10(17)6-15)12-14-1-4-19-12/h1,4-5,7H,2-3,6H2. The van der Waals surface area contributed by atoms with Gasteiger partial charge in [-0.2, -0.15) is 0 Å². The second kappa shape index (κ2) is 5.63. The Balaban J connectivity index is 1.71. The van der Waals surface area contributed by atoms with Crippen LogP contribution >= 0.6 is 38.6 Å². The van der Waals surface area contributed by atoms with Crippen LogP contribution in [0.1, 0.15) is 9.67 Å². The average Bonchev–Trinajstić information content (AvgIpc) is 3.09. The number of rotatable bonds is 2. The number of hydrogen-bond acceptors (Lipinski definition) is 5. The molecule has 2 aromatic rings. The zero-order chi connectivity index (χ0) is 14.1. The zero-order valence-electron chi connectivity index (χ0n) is 10.3. The molecule has 104 valence electrons. The van der Waals surface area contributed by atoms with Crippen LogP contribution in [-0.4, -0.2) is 41.3 Å². The quantitative estimate of drug-likeness (QED) is 0.814. The topological polar surface area (TPSA) is 53.5 Å². The van der Waals surface area contributed by atoms with Gasteiger partial charge in [-0.3, -0.25) is 14.5 Å². The molecule has 0 atom stereocenters. The Morgan fingerprint density at radius 3 is 2.80 bits per heavy atom. The molecule has 3 heterocycles. The van der Waals surface area contributed by atoms with Gasteiger partial charge in [-0.25, -0.2) is 4.98 Å². The largest absolute Gasteiger partial charge is 0.327 e. The van der Waals surface area contributed by atoms with Crippen molar-refractivity contribution in [3.8, 4) is 0 Å². The predicted molar refractivity (Wildman–Crippen MR) is 82.4 cm³/mol. The SMILES string of the molecule is O=C(c1cc(Br)cs1)N1CCN(c2nccs2)C(=O)C1. The molecule has 5 nitrogen and oxygen atoms in total. The summed E-state index contributed by atoms with van der Waals surface area (Å²) in [5, 5.41) is 4.39. The van der Waals surface area contributed by atoms with E-state index in [1.165, 1.54) is 22.7 Å². The molecule has 0 spiro atoms. The Bertz CT molecular complexity index is 641. The van der Waals surface area contributed by atoms with Crippen LogP contribution in [0.3, 0.4) is 0 Å². The number of aromatic nitrogens is 1. The Morgan fingerprint density at radius 1 is 1.35 bits per heavy atom.